The molecule has 0 radical (unpaired) electrons. The number of carbonyl (C=O) groups is 2. The Bertz CT molecular complexity index is 1020. The molecule has 0 bridgehead atoms. The lowest BCUT2D eigenvalue weighted by Gasteiger charge is -2.22. The fourth-order valence-corrected chi connectivity index (χ4v) is 3.39. The second-order valence-corrected chi connectivity index (χ2v) is 7.61. The first kappa shape index (κ1) is 21.8. The highest BCUT2D eigenvalue weighted by molar-refractivity contribution is 6.33. The first-order valence-corrected chi connectivity index (χ1v) is 10.2. The van der Waals surface area contributed by atoms with Crippen molar-refractivity contribution >= 4 is 34.4 Å². The topological polar surface area (TPSA) is 86.9 Å². The first-order chi connectivity index (χ1) is 14.4. The quantitative estimate of drug-likeness (QED) is 0.495. The van der Waals surface area contributed by atoms with Crippen LogP contribution in [0, 0.1) is 11.7 Å². The van der Waals surface area contributed by atoms with Crippen LogP contribution in [0.4, 0.5) is 4.39 Å². The second kappa shape index (κ2) is 9.71. The van der Waals surface area contributed by atoms with Crippen molar-refractivity contribution < 1.29 is 14.0 Å². The number of benzene rings is 2. The van der Waals surface area contributed by atoms with Gasteiger partial charge in [-0.3, -0.25) is 9.59 Å². The summed E-state index contributed by atoms with van der Waals surface area (Å²) in [5.41, 5.74) is 1.93. The maximum absolute atomic E-state index is 13.1. The molecule has 2 unspecified atom stereocenters. The average Bonchev–Trinajstić information content (AvgIpc) is 3.15. The van der Waals surface area contributed by atoms with Crippen molar-refractivity contribution in [3.8, 4) is 0 Å². The number of fused-ring (bicyclic) bond motifs is 1. The molecule has 0 fully saturated rings. The van der Waals surface area contributed by atoms with Gasteiger partial charge in [0.25, 0.3) is 5.91 Å². The molecule has 0 aliphatic heterocycles. The number of nitrogens with zero attached hydrogens (tertiary/aromatic N) is 1. The Hall–Kier alpha value is -2.93. The number of imidazole rings is 1. The Morgan fingerprint density at radius 3 is 2.70 bits per heavy atom. The standard InChI is InChI=1S/C22H24ClFN4O2/c1-3-13(2)20(21-26-17-6-4-5-7-18(17)27-21)28-19(29)10-11-25-22(30)15-9-8-14(24)12-16(15)23/h4-9,12-13,20H,3,10-11H2,1-2H3,(H,25,30)(H,26,27)(H,28,29). The van der Waals surface area contributed by atoms with Crippen LogP contribution in [0.3, 0.4) is 0 Å². The van der Waals surface area contributed by atoms with E-state index in [0.717, 1.165) is 29.6 Å². The highest BCUT2D eigenvalue weighted by Gasteiger charge is 2.23. The van der Waals surface area contributed by atoms with Crippen LogP contribution in [0.2, 0.25) is 5.02 Å². The summed E-state index contributed by atoms with van der Waals surface area (Å²) in [4.78, 5) is 32.6. The van der Waals surface area contributed by atoms with Gasteiger partial charge in [0.15, 0.2) is 0 Å². The first-order valence-electron chi connectivity index (χ1n) is 9.86. The highest BCUT2D eigenvalue weighted by Crippen LogP contribution is 2.24. The molecule has 30 heavy (non-hydrogen) atoms. The second-order valence-electron chi connectivity index (χ2n) is 7.20. The Morgan fingerprint density at radius 2 is 2.00 bits per heavy atom. The van der Waals surface area contributed by atoms with Gasteiger partial charge < -0.3 is 15.6 Å². The SMILES string of the molecule is CCC(C)C(NC(=O)CCNC(=O)c1ccc(F)cc1Cl)c1nc2ccccc2[nH]1. The summed E-state index contributed by atoms with van der Waals surface area (Å²) in [6.45, 7) is 4.24. The highest BCUT2D eigenvalue weighted by atomic mass is 35.5. The Kier molecular flexibility index (Phi) is 7.05. The Morgan fingerprint density at radius 1 is 1.23 bits per heavy atom. The molecule has 1 aromatic heterocycles. The van der Waals surface area contributed by atoms with Crippen molar-refractivity contribution in [3.63, 3.8) is 0 Å². The predicted molar refractivity (Wildman–Crippen MR) is 115 cm³/mol. The molecule has 2 aromatic carbocycles. The number of hydrogen-bond acceptors (Lipinski definition) is 3. The summed E-state index contributed by atoms with van der Waals surface area (Å²) in [5, 5.41) is 5.68. The van der Waals surface area contributed by atoms with E-state index in [0.29, 0.717) is 5.82 Å². The minimum atomic E-state index is -0.516. The van der Waals surface area contributed by atoms with E-state index in [4.69, 9.17) is 11.6 Å². The third-order valence-electron chi connectivity index (χ3n) is 5.05. The summed E-state index contributed by atoms with van der Waals surface area (Å²) >= 11 is 5.90. The van der Waals surface area contributed by atoms with Gasteiger partial charge in [0.1, 0.15) is 11.6 Å². The van der Waals surface area contributed by atoms with Crippen LogP contribution in [0.15, 0.2) is 42.5 Å². The summed E-state index contributed by atoms with van der Waals surface area (Å²) in [5.74, 6) is -0.296. The summed E-state index contributed by atoms with van der Waals surface area (Å²) in [6, 6.07) is 11.0. The molecule has 1 heterocycles. The van der Waals surface area contributed by atoms with Crippen LogP contribution in [-0.2, 0) is 4.79 Å². The van der Waals surface area contributed by atoms with E-state index in [9.17, 15) is 14.0 Å². The van der Waals surface area contributed by atoms with Gasteiger partial charge in [0.2, 0.25) is 5.91 Å². The molecule has 0 spiro atoms. The number of para-hydroxylation sites is 2. The fraction of sp³-hybridized carbons (Fsp3) is 0.318. The Labute approximate surface area is 179 Å². The zero-order valence-corrected chi connectivity index (χ0v) is 17.6. The molecule has 6 nitrogen and oxygen atoms in total. The van der Waals surface area contributed by atoms with Gasteiger partial charge in [-0.2, -0.15) is 0 Å². The molecule has 3 rings (SSSR count). The average molecular weight is 431 g/mol. The van der Waals surface area contributed by atoms with Crippen LogP contribution in [0.5, 0.6) is 0 Å². The number of carbonyl (C=O) groups excluding carboxylic acids is 2. The molecule has 3 aromatic rings. The lowest BCUT2D eigenvalue weighted by molar-refractivity contribution is -0.122. The van der Waals surface area contributed by atoms with Gasteiger partial charge in [-0.25, -0.2) is 9.37 Å². The van der Waals surface area contributed by atoms with Gasteiger partial charge in [0, 0.05) is 13.0 Å². The number of aromatic nitrogens is 2. The minimum absolute atomic E-state index is 0.0265. The van der Waals surface area contributed by atoms with Crippen molar-refractivity contribution in [1.82, 2.24) is 20.6 Å². The van der Waals surface area contributed by atoms with E-state index in [-0.39, 0.29) is 41.4 Å². The predicted octanol–water partition coefficient (Wildman–Crippen LogP) is 4.38. The van der Waals surface area contributed by atoms with E-state index in [1.807, 2.05) is 24.3 Å². The summed E-state index contributed by atoms with van der Waals surface area (Å²) < 4.78 is 13.1. The van der Waals surface area contributed by atoms with Crippen LogP contribution < -0.4 is 10.6 Å². The van der Waals surface area contributed by atoms with Crippen LogP contribution in [0.1, 0.15) is 48.9 Å². The van der Waals surface area contributed by atoms with Gasteiger partial charge in [-0.05, 0) is 36.2 Å². The van der Waals surface area contributed by atoms with E-state index < -0.39 is 11.7 Å². The van der Waals surface area contributed by atoms with Crippen molar-refractivity contribution in [2.45, 2.75) is 32.7 Å². The number of halogens is 2. The smallest absolute Gasteiger partial charge is 0.252 e. The number of rotatable bonds is 8. The van der Waals surface area contributed by atoms with E-state index >= 15 is 0 Å². The molecule has 0 aliphatic carbocycles. The Balaban J connectivity index is 1.60. The molecule has 0 saturated carbocycles. The maximum Gasteiger partial charge on any atom is 0.252 e. The number of aromatic amines is 1. The number of nitrogens with one attached hydrogen (secondary N) is 3. The van der Waals surface area contributed by atoms with Crippen LogP contribution >= 0.6 is 11.6 Å². The number of H-pyrrole nitrogens is 1. The largest absolute Gasteiger partial charge is 0.351 e. The van der Waals surface area contributed by atoms with Crippen molar-refractivity contribution in [3.05, 3.63) is 64.7 Å². The van der Waals surface area contributed by atoms with Gasteiger partial charge in [0.05, 0.1) is 27.7 Å². The molecule has 0 saturated heterocycles. The maximum atomic E-state index is 13.1. The van der Waals surface area contributed by atoms with Gasteiger partial charge in [-0.1, -0.05) is 44.0 Å². The van der Waals surface area contributed by atoms with Gasteiger partial charge in [-0.15, -0.1) is 0 Å². The minimum Gasteiger partial charge on any atom is -0.351 e. The van der Waals surface area contributed by atoms with Gasteiger partial charge >= 0.3 is 0 Å². The van der Waals surface area contributed by atoms with E-state index in [1.54, 1.807) is 0 Å². The zero-order chi connectivity index (χ0) is 21.7. The molecule has 158 valence electrons. The fourth-order valence-electron chi connectivity index (χ4n) is 3.14. The van der Waals surface area contributed by atoms with Crippen molar-refractivity contribution in [2.75, 3.05) is 6.54 Å². The molecule has 0 aliphatic rings. The number of hydrogen-bond donors (Lipinski definition) is 3. The van der Waals surface area contributed by atoms with Crippen molar-refractivity contribution in [1.29, 1.82) is 0 Å². The van der Waals surface area contributed by atoms with E-state index in [1.165, 1.54) is 6.07 Å². The molecule has 8 heteroatoms. The van der Waals surface area contributed by atoms with E-state index in [2.05, 4.69) is 34.4 Å². The molecular weight excluding hydrogens is 407 g/mol. The lowest BCUT2D eigenvalue weighted by Crippen LogP contribution is -2.35. The molecule has 3 N–H and O–H groups in total. The molecular formula is C22H24ClFN4O2. The van der Waals surface area contributed by atoms with Crippen LogP contribution in [-0.4, -0.2) is 28.3 Å². The normalized spacial score (nSPS) is 13.1. The molecule has 2 amide bonds. The summed E-state index contributed by atoms with van der Waals surface area (Å²) in [7, 11) is 0. The van der Waals surface area contributed by atoms with Crippen LogP contribution in [0.25, 0.3) is 11.0 Å². The third-order valence-corrected chi connectivity index (χ3v) is 5.36. The number of amides is 2. The lowest BCUT2D eigenvalue weighted by atomic mass is 9.98. The summed E-state index contributed by atoms with van der Waals surface area (Å²) in [6.07, 6.45) is 0.958. The zero-order valence-electron chi connectivity index (χ0n) is 16.8. The monoisotopic (exact) mass is 430 g/mol. The molecule has 2 atom stereocenters. The van der Waals surface area contributed by atoms with Crippen molar-refractivity contribution in [2.24, 2.45) is 5.92 Å². The third kappa shape index (κ3) is 5.16.